The number of hydrogen-bond donors (Lipinski definition) is 0. The number of nitrogens with zero attached hydrogens (tertiary/aromatic N) is 1. The minimum atomic E-state index is 0.177. The second-order valence-corrected chi connectivity index (χ2v) is 15.6. The molecule has 0 saturated heterocycles. The zero-order valence-electron chi connectivity index (χ0n) is 28.9. The molecule has 0 bridgehead atoms. The first-order valence-electron chi connectivity index (χ1n) is 18.8. The highest BCUT2D eigenvalue weighted by Crippen LogP contribution is 2.39. The van der Waals surface area contributed by atoms with E-state index < -0.39 is 0 Å². The van der Waals surface area contributed by atoms with Gasteiger partial charge in [0.25, 0.3) is 0 Å². The Kier molecular flexibility index (Phi) is 7.75. The summed E-state index contributed by atoms with van der Waals surface area (Å²) in [6.07, 6.45) is 19.2. The predicted octanol–water partition coefficient (Wildman–Crippen LogP) is 12.1. The van der Waals surface area contributed by atoms with Gasteiger partial charge in [-0.3, -0.25) is 0 Å². The summed E-state index contributed by atoms with van der Waals surface area (Å²) in [5, 5.41) is 5.37. The molecule has 0 spiro atoms. The molecule has 0 aliphatic heterocycles. The van der Waals surface area contributed by atoms with Crippen molar-refractivity contribution in [1.82, 2.24) is 0 Å². The van der Waals surface area contributed by atoms with E-state index in [4.69, 9.17) is 4.42 Å². The zero-order chi connectivity index (χ0) is 33.7. The second-order valence-electron chi connectivity index (χ2n) is 14.5. The van der Waals surface area contributed by atoms with Gasteiger partial charge in [-0.1, -0.05) is 128 Å². The molecular weight excluding hydrogens is 639 g/mol. The minimum absolute atomic E-state index is 0.177. The van der Waals surface area contributed by atoms with Crippen LogP contribution in [0.2, 0.25) is 0 Å². The lowest BCUT2D eigenvalue weighted by Gasteiger charge is -2.35. The van der Waals surface area contributed by atoms with Crippen molar-refractivity contribution in [1.29, 1.82) is 0 Å². The van der Waals surface area contributed by atoms with Gasteiger partial charge in [-0.15, -0.1) is 11.3 Å². The SMILES string of the molecule is C1=CC(N(C2=c3oc4cccc(C5CCCCC5)c4c3=CCC2)c2ccc(-c3ccccc3)cc2)CC=C1c1ccc2c(c1)sc1ccccc12. The van der Waals surface area contributed by atoms with Crippen LogP contribution in [0.3, 0.4) is 0 Å². The third-order valence-corrected chi connectivity index (χ3v) is 12.6. The van der Waals surface area contributed by atoms with Gasteiger partial charge in [0.05, 0.1) is 11.7 Å². The van der Waals surface area contributed by atoms with Crippen LogP contribution in [0.25, 0.3) is 59.6 Å². The molecule has 1 fully saturated rings. The number of benzene rings is 5. The third kappa shape index (κ3) is 5.47. The summed E-state index contributed by atoms with van der Waals surface area (Å²) in [5.41, 5.74) is 11.2. The van der Waals surface area contributed by atoms with Gasteiger partial charge in [0.2, 0.25) is 0 Å². The molecule has 10 rings (SSSR count). The summed E-state index contributed by atoms with van der Waals surface area (Å²) in [4.78, 5) is 2.59. The summed E-state index contributed by atoms with van der Waals surface area (Å²) >= 11 is 1.89. The van der Waals surface area contributed by atoms with Crippen molar-refractivity contribution in [2.24, 2.45) is 0 Å². The van der Waals surface area contributed by atoms with Crippen LogP contribution in [0.4, 0.5) is 5.69 Å². The molecule has 3 aliphatic rings. The van der Waals surface area contributed by atoms with E-state index in [1.807, 2.05) is 11.3 Å². The molecule has 2 aromatic heterocycles. The average molecular weight is 680 g/mol. The van der Waals surface area contributed by atoms with E-state index >= 15 is 0 Å². The molecule has 2 nitrogen and oxygen atoms in total. The number of allylic oxidation sites excluding steroid dienone is 2. The molecule has 1 saturated carbocycles. The van der Waals surface area contributed by atoms with E-state index in [9.17, 15) is 0 Å². The van der Waals surface area contributed by atoms with E-state index in [1.54, 1.807) is 0 Å². The minimum Gasteiger partial charge on any atom is -0.454 e. The maximum absolute atomic E-state index is 6.93. The molecule has 3 heteroatoms. The van der Waals surface area contributed by atoms with E-state index in [0.717, 1.165) is 30.3 Å². The van der Waals surface area contributed by atoms with Gasteiger partial charge in [-0.25, -0.2) is 0 Å². The van der Waals surface area contributed by atoms with E-state index in [1.165, 1.54) is 102 Å². The Balaban J connectivity index is 1.07. The first-order valence-corrected chi connectivity index (χ1v) is 19.6. The summed E-state index contributed by atoms with van der Waals surface area (Å²) in [5.74, 6) is 0.626. The highest BCUT2D eigenvalue weighted by atomic mass is 32.1. The first kappa shape index (κ1) is 30.7. The van der Waals surface area contributed by atoms with Crippen LogP contribution in [-0.4, -0.2) is 6.04 Å². The first-order chi connectivity index (χ1) is 25.3. The fourth-order valence-corrected chi connectivity index (χ4v) is 10.1. The van der Waals surface area contributed by atoms with Crippen LogP contribution in [-0.2, 0) is 0 Å². The lowest BCUT2D eigenvalue weighted by molar-refractivity contribution is 0.445. The largest absolute Gasteiger partial charge is 0.454 e. The maximum atomic E-state index is 6.93. The van der Waals surface area contributed by atoms with E-state index in [2.05, 4.69) is 144 Å². The molecule has 3 aliphatic carbocycles. The lowest BCUT2D eigenvalue weighted by Crippen LogP contribution is -2.40. The Morgan fingerprint density at radius 1 is 0.667 bits per heavy atom. The summed E-state index contributed by atoms with van der Waals surface area (Å²) in [6, 6.07) is 42.6. The molecule has 1 unspecified atom stereocenters. The third-order valence-electron chi connectivity index (χ3n) is 11.5. The van der Waals surface area contributed by atoms with Crippen LogP contribution in [0, 0.1) is 0 Å². The number of furan rings is 1. The van der Waals surface area contributed by atoms with Gasteiger partial charge in [0.15, 0.2) is 5.42 Å². The molecule has 0 radical (unpaired) electrons. The maximum Gasteiger partial charge on any atom is 0.154 e. The number of thiophene rings is 1. The number of hydrogen-bond acceptors (Lipinski definition) is 3. The molecule has 5 aromatic carbocycles. The van der Waals surface area contributed by atoms with Crippen molar-refractivity contribution >= 4 is 65.5 Å². The standard InChI is InChI=1S/C48H41NOS/c1-3-11-32(12-4-1)33-21-26-37(27-22-33)49(38-28-23-34(24-29-38)36-25-30-41-40-15-7-8-20-45(40)51-46(41)31-36)43-18-9-17-42-47-39(35-13-5-2-6-14-35)16-10-19-44(47)50-48(42)43/h1,3-4,7-8,10-12,15-17,19-28,30-31,35,38H,2,5-6,9,13-14,18,29H2. The fourth-order valence-electron chi connectivity index (χ4n) is 8.97. The van der Waals surface area contributed by atoms with Gasteiger partial charge < -0.3 is 9.32 Å². The molecule has 7 aromatic rings. The van der Waals surface area contributed by atoms with Crippen LogP contribution in [0.15, 0.2) is 138 Å². The smallest absolute Gasteiger partial charge is 0.154 e. The Labute approximate surface area is 303 Å². The van der Waals surface area contributed by atoms with Crippen molar-refractivity contribution in [3.63, 3.8) is 0 Å². The van der Waals surface area contributed by atoms with Crippen LogP contribution in [0.1, 0.15) is 68.4 Å². The molecule has 1 atom stereocenters. The number of anilines is 1. The quantitative estimate of drug-likeness (QED) is 0.174. The topological polar surface area (TPSA) is 16.4 Å². The predicted molar refractivity (Wildman–Crippen MR) is 218 cm³/mol. The molecule has 51 heavy (non-hydrogen) atoms. The van der Waals surface area contributed by atoms with Crippen molar-refractivity contribution < 1.29 is 4.42 Å². The normalized spacial score (nSPS) is 17.8. The Bertz CT molecular complexity index is 2600. The molecular formula is C48H41NOS. The van der Waals surface area contributed by atoms with Crippen LogP contribution >= 0.6 is 11.3 Å². The van der Waals surface area contributed by atoms with Gasteiger partial charge >= 0.3 is 0 Å². The Morgan fingerprint density at radius 3 is 2.29 bits per heavy atom. The Morgan fingerprint density at radius 2 is 1.45 bits per heavy atom. The summed E-state index contributed by atoms with van der Waals surface area (Å²) in [7, 11) is 0. The molecule has 0 N–H and O–H groups in total. The highest BCUT2D eigenvalue weighted by Gasteiger charge is 2.27. The molecule has 0 amide bonds. The van der Waals surface area contributed by atoms with Gasteiger partial charge in [-0.2, -0.15) is 0 Å². The highest BCUT2D eigenvalue weighted by molar-refractivity contribution is 7.25. The van der Waals surface area contributed by atoms with Crippen molar-refractivity contribution in [2.75, 3.05) is 4.90 Å². The molecule has 250 valence electrons. The molecule has 2 heterocycles. The van der Waals surface area contributed by atoms with Crippen molar-refractivity contribution in [2.45, 2.75) is 63.3 Å². The zero-order valence-corrected chi connectivity index (χ0v) is 29.7. The number of fused-ring (bicyclic) bond motifs is 6. The average Bonchev–Trinajstić information content (AvgIpc) is 3.78. The van der Waals surface area contributed by atoms with Crippen molar-refractivity contribution in [3.8, 4) is 11.1 Å². The van der Waals surface area contributed by atoms with Crippen LogP contribution in [0.5, 0.6) is 0 Å². The summed E-state index contributed by atoms with van der Waals surface area (Å²) < 4.78 is 9.63. The lowest BCUT2D eigenvalue weighted by atomic mass is 9.82. The van der Waals surface area contributed by atoms with Crippen LogP contribution < -0.4 is 15.5 Å². The Hall–Kier alpha value is -5.12. The van der Waals surface area contributed by atoms with Gasteiger partial charge in [-0.05, 0) is 96.2 Å². The van der Waals surface area contributed by atoms with Gasteiger partial charge in [0, 0.05) is 36.5 Å². The summed E-state index contributed by atoms with van der Waals surface area (Å²) in [6.45, 7) is 0. The number of rotatable bonds is 6. The monoisotopic (exact) mass is 679 g/mol. The second kappa shape index (κ2) is 12.9. The fraction of sp³-hybridized carbons (Fsp3) is 0.208. The van der Waals surface area contributed by atoms with E-state index in [-0.39, 0.29) is 6.04 Å². The van der Waals surface area contributed by atoms with E-state index in [0.29, 0.717) is 5.92 Å². The van der Waals surface area contributed by atoms with Gasteiger partial charge in [0.1, 0.15) is 5.58 Å². The van der Waals surface area contributed by atoms with Crippen molar-refractivity contribution in [3.05, 3.63) is 155 Å².